The number of hydrogen-bond acceptors (Lipinski definition) is 5. The van der Waals surface area contributed by atoms with Crippen molar-refractivity contribution >= 4 is 52.0 Å². The Kier molecular flexibility index (Phi) is 6.62. The van der Waals surface area contributed by atoms with E-state index in [0.717, 1.165) is 5.69 Å². The number of nitrogens with one attached hydrogen (secondary N) is 1. The van der Waals surface area contributed by atoms with Gasteiger partial charge >= 0.3 is 0 Å². The highest BCUT2D eigenvalue weighted by atomic mass is 35.5. The van der Waals surface area contributed by atoms with Gasteiger partial charge in [0, 0.05) is 48.7 Å². The van der Waals surface area contributed by atoms with E-state index < -0.39 is 17.7 Å². The van der Waals surface area contributed by atoms with Gasteiger partial charge in [-0.25, -0.2) is 0 Å². The minimum atomic E-state index is -0.853. The summed E-state index contributed by atoms with van der Waals surface area (Å²) in [5, 5.41) is 14.3. The zero-order valence-corrected chi connectivity index (χ0v) is 20.2. The second-order valence-electron chi connectivity index (χ2n) is 8.39. The zero-order valence-electron chi connectivity index (χ0n) is 19.4. The maximum atomic E-state index is 13.3. The minimum absolute atomic E-state index is 0.0131. The van der Waals surface area contributed by atoms with Crippen molar-refractivity contribution in [3.8, 4) is 0 Å². The molecular weight excluding hydrogens is 466 g/mol. The number of ketones is 1. The summed E-state index contributed by atoms with van der Waals surface area (Å²) in [7, 11) is 3.83. The van der Waals surface area contributed by atoms with Crippen LogP contribution >= 0.6 is 11.6 Å². The highest BCUT2D eigenvalue weighted by Crippen LogP contribution is 2.42. The number of Topliss-reactive ketones (excluding diaryl/α,β-unsaturated/α-hetero) is 1. The number of benzene rings is 3. The van der Waals surface area contributed by atoms with E-state index in [9.17, 15) is 19.5 Å². The van der Waals surface area contributed by atoms with Crippen LogP contribution in [-0.2, 0) is 14.4 Å². The first-order valence-electron chi connectivity index (χ1n) is 10.9. The zero-order chi connectivity index (χ0) is 25.3. The van der Waals surface area contributed by atoms with Crippen LogP contribution in [0.3, 0.4) is 0 Å². The summed E-state index contributed by atoms with van der Waals surface area (Å²) >= 11 is 5.98. The minimum Gasteiger partial charge on any atom is -0.507 e. The molecule has 0 bridgehead atoms. The standard InChI is InChI=1S/C27H24ClN3O4/c1-16(32)29-20-10-14-22(15-11-20)31-24(17-6-12-21(13-7-17)30(2)3)23(26(34)27(31)35)25(33)18-4-8-19(28)9-5-18/h4-15,24,33H,1-3H3,(H,29,32)/b25-23-. The van der Waals surface area contributed by atoms with Crippen LogP contribution in [0.4, 0.5) is 17.1 Å². The summed E-state index contributed by atoms with van der Waals surface area (Å²) in [6, 6.07) is 19.6. The normalized spacial score (nSPS) is 16.9. The molecule has 3 aromatic carbocycles. The van der Waals surface area contributed by atoms with Crippen molar-refractivity contribution in [2.24, 2.45) is 0 Å². The van der Waals surface area contributed by atoms with E-state index in [2.05, 4.69) is 5.32 Å². The summed E-state index contributed by atoms with van der Waals surface area (Å²) in [6.45, 7) is 1.40. The van der Waals surface area contributed by atoms with Gasteiger partial charge in [-0.3, -0.25) is 19.3 Å². The number of carbonyl (C=O) groups excluding carboxylic acids is 3. The smallest absolute Gasteiger partial charge is 0.300 e. The van der Waals surface area contributed by atoms with Crippen molar-refractivity contribution in [1.29, 1.82) is 0 Å². The third-order valence-electron chi connectivity index (χ3n) is 5.75. The van der Waals surface area contributed by atoms with Gasteiger partial charge in [0.15, 0.2) is 0 Å². The Morgan fingerprint density at radius 1 is 0.943 bits per heavy atom. The van der Waals surface area contributed by atoms with Crippen molar-refractivity contribution in [3.63, 3.8) is 0 Å². The lowest BCUT2D eigenvalue weighted by Crippen LogP contribution is -2.29. The third-order valence-corrected chi connectivity index (χ3v) is 6.01. The third kappa shape index (κ3) is 4.76. The summed E-state index contributed by atoms with van der Waals surface area (Å²) in [5.41, 5.74) is 2.99. The van der Waals surface area contributed by atoms with Crippen molar-refractivity contribution in [2.45, 2.75) is 13.0 Å². The highest BCUT2D eigenvalue weighted by Gasteiger charge is 2.47. The van der Waals surface area contributed by atoms with Gasteiger partial charge in [0.1, 0.15) is 5.76 Å². The maximum absolute atomic E-state index is 13.3. The van der Waals surface area contributed by atoms with Gasteiger partial charge in [0.25, 0.3) is 11.7 Å². The molecule has 1 fully saturated rings. The molecular formula is C27H24ClN3O4. The number of rotatable bonds is 5. The van der Waals surface area contributed by atoms with Crippen LogP contribution in [0.25, 0.3) is 5.76 Å². The first kappa shape index (κ1) is 24.0. The molecule has 0 saturated carbocycles. The van der Waals surface area contributed by atoms with Gasteiger partial charge < -0.3 is 15.3 Å². The molecule has 8 heteroatoms. The van der Waals surface area contributed by atoms with E-state index in [1.54, 1.807) is 48.5 Å². The van der Waals surface area contributed by atoms with Crippen LogP contribution in [0.15, 0.2) is 78.4 Å². The van der Waals surface area contributed by atoms with E-state index in [0.29, 0.717) is 27.5 Å². The monoisotopic (exact) mass is 489 g/mol. The second-order valence-corrected chi connectivity index (χ2v) is 8.83. The summed E-state index contributed by atoms with van der Waals surface area (Å²) in [4.78, 5) is 41.2. The molecule has 1 unspecified atom stereocenters. The Morgan fingerprint density at radius 2 is 1.54 bits per heavy atom. The highest BCUT2D eigenvalue weighted by molar-refractivity contribution is 6.51. The maximum Gasteiger partial charge on any atom is 0.300 e. The van der Waals surface area contributed by atoms with Gasteiger partial charge in [-0.15, -0.1) is 0 Å². The lowest BCUT2D eigenvalue weighted by atomic mass is 9.95. The van der Waals surface area contributed by atoms with E-state index in [1.165, 1.54) is 11.8 Å². The summed E-state index contributed by atoms with van der Waals surface area (Å²) in [5.74, 6) is -2.04. The summed E-state index contributed by atoms with van der Waals surface area (Å²) < 4.78 is 0. The number of anilines is 3. The van der Waals surface area contributed by atoms with Crippen molar-refractivity contribution in [3.05, 3.63) is 94.5 Å². The Bertz CT molecular complexity index is 1310. The number of hydrogen-bond donors (Lipinski definition) is 2. The predicted octanol–water partition coefficient (Wildman–Crippen LogP) is 4.99. The molecule has 7 nitrogen and oxygen atoms in total. The number of nitrogens with zero attached hydrogens (tertiary/aromatic N) is 2. The quantitative estimate of drug-likeness (QED) is 0.299. The molecule has 0 aliphatic carbocycles. The van der Waals surface area contributed by atoms with Gasteiger partial charge in [-0.05, 0) is 66.2 Å². The van der Waals surface area contributed by atoms with Crippen LogP contribution in [0.5, 0.6) is 0 Å². The molecule has 1 atom stereocenters. The number of amides is 2. The molecule has 3 aromatic rings. The average Bonchev–Trinajstić information content (AvgIpc) is 3.10. The predicted molar refractivity (Wildman–Crippen MR) is 138 cm³/mol. The Balaban J connectivity index is 1.87. The molecule has 1 aliphatic rings. The fourth-order valence-electron chi connectivity index (χ4n) is 4.04. The van der Waals surface area contributed by atoms with Crippen LogP contribution in [-0.4, -0.2) is 36.8 Å². The van der Waals surface area contributed by atoms with Crippen LogP contribution in [0.2, 0.25) is 5.02 Å². The van der Waals surface area contributed by atoms with E-state index in [1.807, 2.05) is 43.3 Å². The molecule has 1 saturated heterocycles. The fourth-order valence-corrected chi connectivity index (χ4v) is 4.17. The van der Waals surface area contributed by atoms with Crippen molar-refractivity contribution < 1.29 is 19.5 Å². The number of aliphatic hydroxyl groups is 1. The van der Waals surface area contributed by atoms with Gasteiger partial charge in [-0.2, -0.15) is 0 Å². The molecule has 1 heterocycles. The van der Waals surface area contributed by atoms with Gasteiger partial charge in [0.2, 0.25) is 5.91 Å². The van der Waals surface area contributed by atoms with Gasteiger partial charge in [-0.1, -0.05) is 23.7 Å². The Labute approximate surface area is 208 Å². The first-order chi connectivity index (χ1) is 16.7. The van der Waals surface area contributed by atoms with E-state index in [4.69, 9.17) is 11.6 Å². The van der Waals surface area contributed by atoms with E-state index in [-0.39, 0.29) is 17.2 Å². The lowest BCUT2D eigenvalue weighted by molar-refractivity contribution is -0.132. The SMILES string of the molecule is CC(=O)Nc1ccc(N2C(=O)C(=O)/C(=C(\O)c3ccc(Cl)cc3)C2c2ccc(N(C)C)cc2)cc1. The number of aliphatic hydroxyl groups excluding tert-OH is 1. The summed E-state index contributed by atoms with van der Waals surface area (Å²) in [6.07, 6.45) is 0. The largest absolute Gasteiger partial charge is 0.507 e. The molecule has 0 radical (unpaired) electrons. The lowest BCUT2D eigenvalue weighted by Gasteiger charge is -2.26. The molecule has 2 amide bonds. The fraction of sp³-hybridized carbons (Fsp3) is 0.148. The molecule has 178 valence electrons. The number of halogens is 1. The molecule has 0 spiro atoms. The van der Waals surface area contributed by atoms with Crippen molar-refractivity contribution in [2.75, 3.05) is 29.2 Å². The topological polar surface area (TPSA) is 90.0 Å². The second kappa shape index (κ2) is 9.64. The molecule has 35 heavy (non-hydrogen) atoms. The first-order valence-corrected chi connectivity index (χ1v) is 11.3. The van der Waals surface area contributed by atoms with Crippen molar-refractivity contribution in [1.82, 2.24) is 0 Å². The van der Waals surface area contributed by atoms with E-state index >= 15 is 0 Å². The van der Waals surface area contributed by atoms with Gasteiger partial charge in [0.05, 0.1) is 11.6 Å². The van der Waals surface area contributed by atoms with Crippen LogP contribution in [0.1, 0.15) is 24.1 Å². The molecule has 2 N–H and O–H groups in total. The average molecular weight is 490 g/mol. The Morgan fingerprint density at radius 3 is 2.09 bits per heavy atom. The number of carbonyl (C=O) groups is 3. The Hall–Kier alpha value is -4.10. The molecule has 4 rings (SSSR count). The molecule has 0 aromatic heterocycles. The molecule has 1 aliphatic heterocycles. The van der Waals surface area contributed by atoms with Crippen LogP contribution in [0, 0.1) is 0 Å². The van der Waals surface area contributed by atoms with Crippen LogP contribution < -0.4 is 15.1 Å².